The van der Waals surface area contributed by atoms with Crippen molar-refractivity contribution in [1.29, 1.82) is 0 Å². The number of rotatable bonds is 4. The lowest BCUT2D eigenvalue weighted by atomic mass is 9.92. The molecule has 90 valence electrons. The molecule has 0 unspecified atom stereocenters. The summed E-state index contributed by atoms with van der Waals surface area (Å²) in [5, 5.41) is 5.52. The van der Waals surface area contributed by atoms with Crippen molar-refractivity contribution in [3.8, 4) is 0 Å². The van der Waals surface area contributed by atoms with Crippen LogP contribution in [0.4, 0.5) is 0 Å². The number of nitrogens with zero attached hydrogens (tertiary/aromatic N) is 1. The molecule has 0 spiro atoms. The Balaban J connectivity index is 1.94. The molecule has 0 aliphatic carbocycles. The molecule has 3 heteroatoms. The highest BCUT2D eigenvalue weighted by Gasteiger charge is 2.24. The van der Waals surface area contributed by atoms with Gasteiger partial charge < -0.3 is 5.32 Å². The van der Waals surface area contributed by atoms with Gasteiger partial charge in [-0.1, -0.05) is 13.8 Å². The summed E-state index contributed by atoms with van der Waals surface area (Å²) in [4.78, 5) is 4.19. The zero-order valence-electron chi connectivity index (χ0n) is 10.5. The van der Waals surface area contributed by atoms with Gasteiger partial charge in [-0.25, -0.2) is 0 Å². The molecule has 0 saturated heterocycles. The first-order valence-corrected chi connectivity index (χ1v) is 6.91. The van der Waals surface area contributed by atoms with Crippen LogP contribution in [-0.4, -0.2) is 31.6 Å². The van der Waals surface area contributed by atoms with Crippen LogP contribution in [0.3, 0.4) is 0 Å². The van der Waals surface area contributed by atoms with Crippen LogP contribution < -0.4 is 5.32 Å². The molecule has 1 N–H and O–H groups in total. The average Bonchev–Trinajstić information content (AvgIpc) is 2.63. The Morgan fingerprint density at radius 3 is 3.06 bits per heavy atom. The van der Waals surface area contributed by atoms with Crippen molar-refractivity contribution in [2.75, 3.05) is 26.7 Å². The molecule has 16 heavy (non-hydrogen) atoms. The maximum absolute atomic E-state index is 3.29. The quantitative estimate of drug-likeness (QED) is 0.866. The number of hydrogen-bond acceptors (Lipinski definition) is 3. The lowest BCUT2D eigenvalue weighted by Crippen LogP contribution is -2.41. The van der Waals surface area contributed by atoms with Crippen LogP contribution in [0, 0.1) is 5.41 Å². The Morgan fingerprint density at radius 2 is 2.31 bits per heavy atom. The molecule has 2 rings (SSSR count). The Bertz CT molecular complexity index is 343. The third kappa shape index (κ3) is 2.84. The molecule has 1 aliphatic heterocycles. The second-order valence-electron chi connectivity index (χ2n) is 5.52. The highest BCUT2D eigenvalue weighted by atomic mass is 32.1. The van der Waals surface area contributed by atoms with Gasteiger partial charge in [0.15, 0.2) is 0 Å². The molecule has 1 aromatic rings. The predicted molar refractivity (Wildman–Crippen MR) is 71.0 cm³/mol. The highest BCUT2D eigenvalue weighted by Crippen LogP contribution is 2.26. The fourth-order valence-corrected chi connectivity index (χ4v) is 3.47. The summed E-state index contributed by atoms with van der Waals surface area (Å²) in [6.45, 7) is 9.31. The molecular formula is C13H22N2S. The van der Waals surface area contributed by atoms with Crippen LogP contribution in [0.5, 0.6) is 0 Å². The molecule has 0 radical (unpaired) electrons. The van der Waals surface area contributed by atoms with Crippen LogP contribution >= 0.6 is 11.3 Å². The SMILES string of the molecule is CNCC(C)(C)CN1CCc2sccc2C1. The van der Waals surface area contributed by atoms with Crippen molar-refractivity contribution < 1.29 is 0 Å². The fourth-order valence-electron chi connectivity index (χ4n) is 2.58. The van der Waals surface area contributed by atoms with Gasteiger partial charge in [0.2, 0.25) is 0 Å². The van der Waals surface area contributed by atoms with Gasteiger partial charge in [-0.3, -0.25) is 4.90 Å². The van der Waals surface area contributed by atoms with Gasteiger partial charge in [0.05, 0.1) is 0 Å². The smallest absolute Gasteiger partial charge is 0.0245 e. The zero-order valence-corrected chi connectivity index (χ0v) is 11.4. The molecule has 2 heterocycles. The fraction of sp³-hybridized carbons (Fsp3) is 0.692. The van der Waals surface area contributed by atoms with Gasteiger partial charge in [0.25, 0.3) is 0 Å². The summed E-state index contributed by atoms with van der Waals surface area (Å²) in [6, 6.07) is 2.29. The maximum atomic E-state index is 3.29. The van der Waals surface area contributed by atoms with Crippen LogP contribution in [-0.2, 0) is 13.0 Å². The third-order valence-corrected chi connectivity index (χ3v) is 4.22. The van der Waals surface area contributed by atoms with Crippen molar-refractivity contribution in [2.24, 2.45) is 5.41 Å². The van der Waals surface area contributed by atoms with Gasteiger partial charge in [-0.15, -0.1) is 11.3 Å². The normalized spacial score (nSPS) is 17.4. The van der Waals surface area contributed by atoms with E-state index in [9.17, 15) is 0 Å². The summed E-state index contributed by atoms with van der Waals surface area (Å²) in [5.41, 5.74) is 1.92. The minimum atomic E-state index is 0.363. The van der Waals surface area contributed by atoms with E-state index >= 15 is 0 Å². The van der Waals surface area contributed by atoms with Crippen molar-refractivity contribution in [3.05, 3.63) is 21.9 Å². The van der Waals surface area contributed by atoms with E-state index in [0.29, 0.717) is 5.41 Å². The molecule has 2 nitrogen and oxygen atoms in total. The molecule has 0 bridgehead atoms. The van der Waals surface area contributed by atoms with E-state index in [2.05, 4.69) is 35.5 Å². The van der Waals surface area contributed by atoms with E-state index in [1.54, 1.807) is 10.4 Å². The minimum Gasteiger partial charge on any atom is -0.319 e. The van der Waals surface area contributed by atoms with E-state index in [1.807, 2.05) is 18.4 Å². The average molecular weight is 238 g/mol. The molecule has 1 aromatic heterocycles. The second kappa shape index (κ2) is 4.86. The van der Waals surface area contributed by atoms with Crippen molar-refractivity contribution in [2.45, 2.75) is 26.8 Å². The van der Waals surface area contributed by atoms with Crippen LogP contribution in [0.1, 0.15) is 24.3 Å². The molecule has 1 aliphatic rings. The number of thiophene rings is 1. The summed E-state index contributed by atoms with van der Waals surface area (Å²) in [7, 11) is 2.04. The van der Waals surface area contributed by atoms with Gasteiger partial charge in [0, 0.05) is 31.1 Å². The first-order valence-electron chi connectivity index (χ1n) is 6.03. The first-order chi connectivity index (χ1) is 7.61. The number of fused-ring (bicyclic) bond motifs is 1. The first kappa shape index (κ1) is 12.1. The van der Waals surface area contributed by atoms with E-state index in [1.165, 1.54) is 19.5 Å². The number of nitrogens with one attached hydrogen (secondary N) is 1. The van der Waals surface area contributed by atoms with E-state index in [4.69, 9.17) is 0 Å². The van der Waals surface area contributed by atoms with Crippen LogP contribution in [0.25, 0.3) is 0 Å². The van der Waals surface area contributed by atoms with E-state index in [0.717, 1.165) is 13.1 Å². The zero-order chi connectivity index (χ0) is 11.6. The molecule has 0 fully saturated rings. The van der Waals surface area contributed by atoms with Crippen molar-refractivity contribution in [1.82, 2.24) is 10.2 Å². The summed E-state index contributed by atoms with van der Waals surface area (Å²) in [5.74, 6) is 0. The predicted octanol–water partition coefficient (Wildman–Crippen LogP) is 2.35. The van der Waals surface area contributed by atoms with Crippen molar-refractivity contribution in [3.63, 3.8) is 0 Å². The summed E-state index contributed by atoms with van der Waals surface area (Å²) in [6.07, 6.45) is 1.24. The highest BCUT2D eigenvalue weighted by molar-refractivity contribution is 7.10. The molecule has 0 amide bonds. The standard InChI is InChI=1S/C13H22N2S/c1-13(2,9-14-3)10-15-6-4-12-11(8-15)5-7-16-12/h5,7,14H,4,6,8-10H2,1-3H3. The molecule has 0 saturated carbocycles. The summed E-state index contributed by atoms with van der Waals surface area (Å²) >= 11 is 1.92. The molecular weight excluding hydrogens is 216 g/mol. The Hall–Kier alpha value is -0.380. The molecule has 0 aromatic carbocycles. The largest absolute Gasteiger partial charge is 0.319 e. The second-order valence-corrected chi connectivity index (χ2v) is 6.52. The lowest BCUT2D eigenvalue weighted by Gasteiger charge is -2.34. The van der Waals surface area contributed by atoms with Crippen LogP contribution in [0.15, 0.2) is 11.4 Å². The Labute approximate surface area is 103 Å². The Kier molecular flexibility index (Phi) is 3.67. The summed E-state index contributed by atoms with van der Waals surface area (Å²) < 4.78 is 0. The monoisotopic (exact) mass is 238 g/mol. The lowest BCUT2D eigenvalue weighted by molar-refractivity contribution is 0.164. The van der Waals surface area contributed by atoms with E-state index < -0.39 is 0 Å². The van der Waals surface area contributed by atoms with E-state index in [-0.39, 0.29) is 0 Å². The van der Waals surface area contributed by atoms with Gasteiger partial charge in [-0.05, 0) is 35.9 Å². The Morgan fingerprint density at radius 1 is 1.50 bits per heavy atom. The maximum Gasteiger partial charge on any atom is 0.0245 e. The number of hydrogen-bond donors (Lipinski definition) is 1. The molecule has 0 atom stereocenters. The van der Waals surface area contributed by atoms with Crippen LogP contribution in [0.2, 0.25) is 0 Å². The van der Waals surface area contributed by atoms with Crippen molar-refractivity contribution >= 4 is 11.3 Å². The van der Waals surface area contributed by atoms with Gasteiger partial charge in [-0.2, -0.15) is 0 Å². The van der Waals surface area contributed by atoms with Gasteiger partial charge in [0.1, 0.15) is 0 Å². The third-order valence-electron chi connectivity index (χ3n) is 3.19. The topological polar surface area (TPSA) is 15.3 Å². The van der Waals surface area contributed by atoms with Gasteiger partial charge >= 0.3 is 0 Å². The minimum absolute atomic E-state index is 0.363.